The molecule has 0 bridgehead atoms. The molecule has 0 saturated heterocycles. The fraction of sp³-hybridized carbons (Fsp3) is 0.556. The van der Waals surface area contributed by atoms with E-state index in [-0.39, 0.29) is 12.1 Å². The van der Waals surface area contributed by atoms with Gasteiger partial charge in [0.15, 0.2) is 11.5 Å². The van der Waals surface area contributed by atoms with Gasteiger partial charge in [-0.25, -0.2) is 0 Å². The summed E-state index contributed by atoms with van der Waals surface area (Å²) in [5, 5.41) is 14.9. The Morgan fingerprint density at radius 1 is 1.45 bits per heavy atom. The highest BCUT2D eigenvalue weighted by atomic mass is 16.5. The topological polar surface area (TPSA) is 50.7 Å². The monoisotopic (exact) mass is 301 g/mol. The Bertz CT molecular complexity index is 671. The molecule has 4 nitrogen and oxygen atoms in total. The van der Waals surface area contributed by atoms with E-state index in [9.17, 15) is 5.11 Å². The second kappa shape index (κ2) is 4.27. The van der Waals surface area contributed by atoms with E-state index in [2.05, 4.69) is 24.9 Å². The van der Waals surface area contributed by atoms with Crippen LogP contribution in [0.15, 0.2) is 24.3 Å². The lowest BCUT2D eigenvalue weighted by Gasteiger charge is -2.56. The van der Waals surface area contributed by atoms with Gasteiger partial charge in [-0.3, -0.25) is 0 Å². The van der Waals surface area contributed by atoms with Crippen LogP contribution in [0.1, 0.15) is 30.9 Å². The van der Waals surface area contributed by atoms with Crippen LogP contribution in [0.5, 0.6) is 11.5 Å². The molecule has 0 spiro atoms. The van der Waals surface area contributed by atoms with Crippen LogP contribution in [0.3, 0.4) is 0 Å². The van der Waals surface area contributed by atoms with Crippen LogP contribution in [0.4, 0.5) is 0 Å². The second-order valence-electron chi connectivity index (χ2n) is 6.96. The van der Waals surface area contributed by atoms with E-state index in [1.54, 1.807) is 7.11 Å². The Morgan fingerprint density at radius 2 is 2.23 bits per heavy atom. The van der Waals surface area contributed by atoms with Crippen molar-refractivity contribution < 1.29 is 14.6 Å². The summed E-state index contributed by atoms with van der Waals surface area (Å²) >= 11 is 0. The first-order valence-corrected chi connectivity index (χ1v) is 7.91. The maximum absolute atomic E-state index is 11.6. The minimum Gasteiger partial charge on any atom is -0.493 e. The maximum Gasteiger partial charge on any atom is 0.166 e. The van der Waals surface area contributed by atoms with Gasteiger partial charge in [-0.1, -0.05) is 12.6 Å². The van der Waals surface area contributed by atoms with Crippen LogP contribution in [-0.4, -0.2) is 37.0 Å². The van der Waals surface area contributed by atoms with Gasteiger partial charge in [-0.05, 0) is 50.4 Å². The molecule has 0 aromatic heterocycles. The molecule has 22 heavy (non-hydrogen) atoms. The molecule has 3 aliphatic rings. The Labute approximate surface area is 131 Å². The minimum atomic E-state index is -0.835. The summed E-state index contributed by atoms with van der Waals surface area (Å²) in [5.41, 5.74) is 2.10. The molecule has 118 valence electrons. The molecule has 1 heterocycles. The molecule has 1 aromatic rings. The van der Waals surface area contributed by atoms with Crippen molar-refractivity contribution in [3.8, 4) is 11.5 Å². The van der Waals surface area contributed by atoms with Crippen LogP contribution in [0.2, 0.25) is 0 Å². The SMILES string of the molecule is C=C1CC[C@]2(O)C(NC)Cc3ccc(OC)c4c3[C@]2(C)[C@@H]1O4. The van der Waals surface area contributed by atoms with Crippen molar-refractivity contribution in [2.45, 2.75) is 49.3 Å². The van der Waals surface area contributed by atoms with Crippen LogP contribution in [0.25, 0.3) is 0 Å². The summed E-state index contributed by atoms with van der Waals surface area (Å²) in [6.07, 6.45) is 2.12. The second-order valence-corrected chi connectivity index (χ2v) is 6.96. The van der Waals surface area contributed by atoms with Gasteiger partial charge in [0, 0.05) is 11.6 Å². The van der Waals surface area contributed by atoms with Crippen molar-refractivity contribution in [3.63, 3.8) is 0 Å². The van der Waals surface area contributed by atoms with Crippen molar-refractivity contribution in [3.05, 3.63) is 35.4 Å². The van der Waals surface area contributed by atoms with Crippen LogP contribution < -0.4 is 14.8 Å². The number of hydrogen-bond donors (Lipinski definition) is 2. The average Bonchev–Trinajstić information content (AvgIpc) is 2.85. The lowest BCUT2D eigenvalue weighted by atomic mass is 9.52. The molecule has 1 fully saturated rings. The van der Waals surface area contributed by atoms with Crippen molar-refractivity contribution in [1.82, 2.24) is 5.32 Å². The van der Waals surface area contributed by atoms with Crippen LogP contribution in [-0.2, 0) is 11.8 Å². The van der Waals surface area contributed by atoms with E-state index < -0.39 is 11.0 Å². The number of benzene rings is 1. The molecular formula is C18H23NO3. The third-order valence-corrected chi connectivity index (χ3v) is 6.15. The molecule has 1 saturated carbocycles. The summed E-state index contributed by atoms with van der Waals surface area (Å²) in [4.78, 5) is 0. The summed E-state index contributed by atoms with van der Waals surface area (Å²) in [6, 6.07) is 4.09. The molecule has 0 amide bonds. The lowest BCUT2D eigenvalue weighted by molar-refractivity contribution is -0.108. The van der Waals surface area contributed by atoms with Crippen molar-refractivity contribution in [2.75, 3.05) is 14.2 Å². The summed E-state index contributed by atoms with van der Waals surface area (Å²) in [5.74, 6) is 1.54. The number of aliphatic hydroxyl groups is 1. The highest BCUT2D eigenvalue weighted by Gasteiger charge is 2.67. The van der Waals surface area contributed by atoms with Gasteiger partial charge in [-0.2, -0.15) is 0 Å². The van der Waals surface area contributed by atoms with Gasteiger partial charge < -0.3 is 19.9 Å². The molecule has 0 radical (unpaired) electrons. The molecular weight excluding hydrogens is 278 g/mol. The van der Waals surface area contributed by atoms with Gasteiger partial charge in [0.2, 0.25) is 0 Å². The zero-order valence-corrected chi connectivity index (χ0v) is 13.4. The summed E-state index contributed by atoms with van der Waals surface area (Å²) in [6.45, 7) is 6.34. The van der Waals surface area contributed by atoms with Crippen LogP contribution in [0, 0.1) is 0 Å². The molecule has 4 heteroatoms. The van der Waals surface area contributed by atoms with E-state index in [0.29, 0.717) is 6.42 Å². The predicted octanol–water partition coefficient (Wildman–Crippen LogP) is 1.94. The number of rotatable bonds is 2. The number of ether oxygens (including phenoxy) is 2. The minimum absolute atomic E-state index is 0.0172. The Kier molecular flexibility index (Phi) is 2.73. The normalized spacial score (nSPS) is 38.5. The van der Waals surface area contributed by atoms with E-state index >= 15 is 0 Å². The number of nitrogens with one attached hydrogen (secondary N) is 1. The number of methoxy groups -OCH3 is 1. The van der Waals surface area contributed by atoms with Crippen LogP contribution >= 0.6 is 0 Å². The standard InChI is InChI=1S/C18H23NO3/c1-10-7-8-18(20)13(19-3)9-11-5-6-12(21-4)15-14(11)17(18,2)16(10)22-15/h5-6,13,16,19-20H,1,7-9H2,2-4H3/t13?,16-,17-,18+/m1/s1. The van der Waals surface area contributed by atoms with E-state index in [1.807, 2.05) is 13.1 Å². The molecule has 1 unspecified atom stereocenters. The zero-order valence-electron chi connectivity index (χ0n) is 13.4. The van der Waals surface area contributed by atoms with Gasteiger partial charge >= 0.3 is 0 Å². The van der Waals surface area contributed by atoms with Gasteiger partial charge in [0.05, 0.1) is 18.1 Å². The Hall–Kier alpha value is -1.52. The van der Waals surface area contributed by atoms with E-state index in [4.69, 9.17) is 9.47 Å². The highest BCUT2D eigenvalue weighted by molar-refractivity contribution is 5.63. The van der Waals surface area contributed by atoms with Crippen molar-refractivity contribution in [1.29, 1.82) is 0 Å². The Morgan fingerprint density at radius 3 is 2.91 bits per heavy atom. The third-order valence-electron chi connectivity index (χ3n) is 6.15. The molecule has 4 atom stereocenters. The van der Waals surface area contributed by atoms with Crippen molar-refractivity contribution >= 4 is 0 Å². The lowest BCUT2D eigenvalue weighted by Crippen LogP contribution is -2.69. The summed E-state index contributed by atoms with van der Waals surface area (Å²) in [7, 11) is 3.59. The first-order valence-electron chi connectivity index (χ1n) is 7.91. The molecule has 1 aliphatic heterocycles. The third kappa shape index (κ3) is 1.36. The average molecular weight is 301 g/mol. The number of likely N-dealkylation sites (N-methyl/N-ethyl adjacent to an activating group) is 1. The highest BCUT2D eigenvalue weighted by Crippen LogP contribution is 2.62. The quantitative estimate of drug-likeness (QED) is 0.820. The fourth-order valence-corrected chi connectivity index (χ4v) is 4.93. The molecule has 4 rings (SSSR count). The van der Waals surface area contributed by atoms with E-state index in [0.717, 1.165) is 35.5 Å². The largest absolute Gasteiger partial charge is 0.493 e. The molecule has 2 aliphatic carbocycles. The first-order chi connectivity index (χ1) is 10.5. The number of hydrogen-bond acceptors (Lipinski definition) is 4. The predicted molar refractivity (Wildman–Crippen MR) is 84.6 cm³/mol. The maximum atomic E-state index is 11.6. The van der Waals surface area contributed by atoms with E-state index in [1.165, 1.54) is 5.56 Å². The first kappa shape index (κ1) is 14.1. The van der Waals surface area contributed by atoms with Crippen molar-refractivity contribution in [2.24, 2.45) is 0 Å². The molecule has 1 aromatic carbocycles. The zero-order chi connectivity index (χ0) is 15.7. The Balaban J connectivity index is 2.03. The smallest absolute Gasteiger partial charge is 0.166 e. The van der Waals surface area contributed by atoms with Gasteiger partial charge in [0.1, 0.15) is 6.10 Å². The summed E-state index contributed by atoms with van der Waals surface area (Å²) < 4.78 is 11.8. The van der Waals surface area contributed by atoms with Gasteiger partial charge in [0.25, 0.3) is 0 Å². The molecule has 2 N–H and O–H groups in total. The van der Waals surface area contributed by atoms with Gasteiger partial charge in [-0.15, -0.1) is 0 Å². The fourth-order valence-electron chi connectivity index (χ4n) is 4.93.